The molecule has 1 amide bonds. The molecule has 0 bridgehead atoms. The van der Waals surface area contributed by atoms with Gasteiger partial charge in [-0.2, -0.15) is 0 Å². The summed E-state index contributed by atoms with van der Waals surface area (Å²) in [5, 5.41) is 65.3. The second-order valence-electron chi connectivity index (χ2n) is 28.7. The van der Waals surface area contributed by atoms with Crippen molar-refractivity contribution in [1.82, 2.24) is 5.32 Å². The molecular weight excluding hydrogens is 1660 g/mol. The Balaban J connectivity index is 0.000000443. The Bertz CT molecular complexity index is 4850. The van der Waals surface area contributed by atoms with Crippen LogP contribution in [0.2, 0.25) is 0 Å². The van der Waals surface area contributed by atoms with E-state index >= 15 is 0 Å². The average molecular weight is 1760 g/mol. The van der Waals surface area contributed by atoms with E-state index in [2.05, 4.69) is 15.3 Å². The Kier molecular flexibility index (Phi) is 37.2. The third-order valence-corrected chi connectivity index (χ3v) is 20.1. The van der Waals surface area contributed by atoms with Crippen LogP contribution in [0.4, 0.5) is 4.79 Å². The van der Waals surface area contributed by atoms with Gasteiger partial charge in [0.05, 0.1) is 58.6 Å². The number of aliphatic hydroxyl groups excluding tert-OH is 6. The van der Waals surface area contributed by atoms with E-state index in [0.29, 0.717) is 19.3 Å². The Morgan fingerprint density at radius 2 is 0.819 bits per heavy atom. The molecule has 4 heterocycles. The molecule has 0 aromatic heterocycles. The number of hydrogen-bond acceptors (Lipinski definition) is 33. The van der Waals surface area contributed by atoms with Crippen LogP contribution in [0.5, 0.6) is 0 Å². The van der Waals surface area contributed by atoms with E-state index in [0.717, 1.165) is 5.56 Å². The van der Waals surface area contributed by atoms with Crippen LogP contribution >= 0.6 is 0 Å². The zero-order chi connectivity index (χ0) is 89.3. The number of benzene rings is 8. The highest BCUT2D eigenvalue weighted by atomic mass is 16.8. The Morgan fingerprint density at radius 3 is 1.26 bits per heavy atom. The van der Waals surface area contributed by atoms with Crippen molar-refractivity contribution in [2.24, 2.45) is 5.11 Å². The summed E-state index contributed by atoms with van der Waals surface area (Å²) in [6.07, 6.45) is -30.2. The zero-order valence-corrected chi connectivity index (χ0v) is 67.8. The molecule has 7 N–H and O–H groups in total. The fourth-order valence-corrected chi connectivity index (χ4v) is 13.6. The number of rotatable bonds is 37. The van der Waals surface area contributed by atoms with Gasteiger partial charge in [0.2, 0.25) is 5.79 Å². The molecule has 12 rings (SSSR count). The molecule has 0 spiro atoms. The number of methoxy groups -OCH3 is 1. The lowest BCUT2D eigenvalue weighted by atomic mass is 9.95. The number of aliphatic hydroxyl groups is 6. The van der Waals surface area contributed by atoms with E-state index in [4.69, 9.17) is 86.1 Å². The molecule has 0 saturated carbocycles. The van der Waals surface area contributed by atoms with E-state index in [1.807, 2.05) is 30.3 Å². The highest BCUT2D eigenvalue weighted by Gasteiger charge is 2.62. The van der Waals surface area contributed by atoms with Crippen molar-refractivity contribution in [1.29, 1.82) is 0 Å². The average Bonchev–Trinajstić information content (AvgIpc) is 1.67. The van der Waals surface area contributed by atoms with Gasteiger partial charge in [0, 0.05) is 31.7 Å². The minimum absolute atomic E-state index is 0. The summed E-state index contributed by atoms with van der Waals surface area (Å²) >= 11 is 0. The lowest BCUT2D eigenvalue weighted by Gasteiger charge is -2.48. The minimum atomic E-state index is -2.11. The highest BCUT2D eigenvalue weighted by Crippen LogP contribution is 2.41. The molecule has 4 aliphatic heterocycles. The summed E-state index contributed by atoms with van der Waals surface area (Å²) < 4.78 is 103. The molecule has 36 nitrogen and oxygen atoms in total. The molecule has 4 aliphatic rings. The summed E-state index contributed by atoms with van der Waals surface area (Å²) in [6.45, 7) is -3.49. The number of ether oxygens (including phenoxy) is 17. The van der Waals surface area contributed by atoms with Crippen molar-refractivity contribution in [3.05, 3.63) is 298 Å². The number of nitrogens with one attached hydrogen (secondary N) is 1. The lowest BCUT2D eigenvalue weighted by molar-refractivity contribution is -0.385. The standard InChI is InChI=1S/C74H67NO20.C16H27N3O12.CH4/c76-65(50-30-12-2-13-31-50)85-47-57-59(90-67(78)52-34-16-4-17-35-52)61(91-68(79)53-36-18-5-19-37-53)64(94-71(82)56-42-24-8-25-43-56)73(89-57)95-60-58(48-86-66(77)51-32-14-3-15-33-51)88-72(84-45-27-9-26-44-75-74(83)87-46-49-28-10-1-11-29-49)63(93-70(81)55-40-22-7-23-41-55)62(60)92-69(80)54-38-20-6-21-39-54;1-27-14-11(24)8(5-21)30-16(14,6-28-9(22)2-3-18-19-17)31-15-13(26)12(25)10(23)7(4-20)29-15;/h1-8,10-25,28-43,57-64,72-73H,9,26-27,44-48H2,(H,75,83);7-8,10-15,20-21,23-26H,2-6H2,1H3;1H4/t57-,58-,59+,60-,61+,62+,63-,64-,72+,73+;7-,8-,10-,11-,12+,13-,14+,15-,16+;/m11./s1. The van der Waals surface area contributed by atoms with Gasteiger partial charge in [0.25, 0.3) is 0 Å². The van der Waals surface area contributed by atoms with E-state index in [1.165, 1.54) is 92.0 Å². The maximum Gasteiger partial charge on any atom is 0.407 e. The number of azide groups is 1. The van der Waals surface area contributed by atoms with Crippen molar-refractivity contribution in [2.45, 2.75) is 156 Å². The number of esters is 8. The van der Waals surface area contributed by atoms with Gasteiger partial charge in [-0.25, -0.2) is 38.4 Å². The van der Waals surface area contributed by atoms with Crippen LogP contribution in [-0.2, 0) is 91.9 Å². The second-order valence-corrected chi connectivity index (χ2v) is 28.7. The molecule has 4 fully saturated rings. The van der Waals surface area contributed by atoms with Crippen LogP contribution in [0.25, 0.3) is 10.4 Å². The van der Waals surface area contributed by atoms with Crippen molar-refractivity contribution in [2.75, 3.05) is 59.8 Å². The van der Waals surface area contributed by atoms with Gasteiger partial charge in [-0.3, -0.25) is 4.79 Å². The zero-order valence-electron chi connectivity index (χ0n) is 67.8. The van der Waals surface area contributed by atoms with Gasteiger partial charge in [0.15, 0.2) is 49.4 Å². The van der Waals surface area contributed by atoms with Crippen LogP contribution in [0, 0.1) is 0 Å². The third kappa shape index (κ3) is 26.8. The van der Waals surface area contributed by atoms with E-state index in [-0.39, 0.29) is 79.1 Å². The van der Waals surface area contributed by atoms with Crippen LogP contribution in [-0.4, -0.2) is 261 Å². The molecule has 0 radical (unpaired) electrons. The van der Waals surface area contributed by atoms with Gasteiger partial charge in [-0.1, -0.05) is 170 Å². The van der Waals surface area contributed by atoms with E-state index < -0.39 is 203 Å². The Hall–Kier alpha value is -12.5. The summed E-state index contributed by atoms with van der Waals surface area (Å²) in [5.74, 6) is -9.54. The van der Waals surface area contributed by atoms with Crippen molar-refractivity contribution >= 4 is 53.8 Å². The summed E-state index contributed by atoms with van der Waals surface area (Å²) in [7, 11) is 1.19. The van der Waals surface area contributed by atoms with Gasteiger partial charge in [-0.05, 0) is 115 Å². The lowest BCUT2D eigenvalue weighted by Crippen LogP contribution is -2.67. The van der Waals surface area contributed by atoms with Crippen molar-refractivity contribution < 1.29 is 154 Å². The first kappa shape index (κ1) is 96.7. The quantitative estimate of drug-likeness (QED) is 0.00485. The van der Waals surface area contributed by atoms with Crippen LogP contribution in [0.15, 0.2) is 248 Å². The molecule has 4 saturated heterocycles. The molecule has 127 heavy (non-hydrogen) atoms. The molecule has 8 aromatic carbocycles. The number of carbonyl (C=O) groups is 9. The number of nitrogens with zero attached hydrogens (tertiary/aromatic N) is 3. The summed E-state index contributed by atoms with van der Waals surface area (Å²) in [4.78, 5) is 128. The van der Waals surface area contributed by atoms with Gasteiger partial charge >= 0.3 is 53.8 Å². The maximum atomic E-state index is 14.8. The molecular formula is C91H98N4O32. The maximum absolute atomic E-state index is 14.8. The van der Waals surface area contributed by atoms with Crippen LogP contribution in [0.1, 0.15) is 111 Å². The highest BCUT2D eigenvalue weighted by molar-refractivity contribution is 5.93. The van der Waals surface area contributed by atoms with Gasteiger partial charge in [-0.15, -0.1) is 0 Å². The van der Waals surface area contributed by atoms with Gasteiger partial charge in [0.1, 0.15) is 87.5 Å². The predicted molar refractivity (Wildman–Crippen MR) is 441 cm³/mol. The molecule has 19 atom stereocenters. The third-order valence-electron chi connectivity index (χ3n) is 20.1. The minimum Gasteiger partial charge on any atom is -0.460 e. The van der Waals surface area contributed by atoms with E-state index in [9.17, 15) is 73.8 Å². The SMILES string of the molecule is C.CO[C@H]1[C@H](O)[C@@H](CO)O[C@@]1(COC(=O)CCN=[N+]=[N-])O[C@H]1O[C@H](CO)[C@@H](O)[C@H](O)[C@H]1O.O=C(NCCCCCO[C@H]1O[C@H](COC(=O)c2ccccc2)[C@@H](O[C@@H]2O[C@H](COC(=O)c3ccccc3)[C@H](OC(=O)c3ccccc3)[C@H](OC(=O)c3ccccc3)[C@H]2OC(=O)c2ccccc2)[C@H](OC(=O)c2ccccc2)[C@H]1OC(=O)c1ccccc1)OCc1ccccc1. The fraction of sp³-hybridized carbons (Fsp3) is 0.374. The molecule has 0 aliphatic carbocycles. The number of carbonyl (C=O) groups excluding carboxylic acids is 9. The van der Waals surface area contributed by atoms with Crippen LogP contribution < -0.4 is 5.32 Å². The molecule has 8 aromatic rings. The number of hydrogen-bond donors (Lipinski definition) is 7. The summed E-state index contributed by atoms with van der Waals surface area (Å²) in [6, 6.07) is 64.0. The first-order valence-electron chi connectivity index (χ1n) is 40.1. The molecule has 0 unspecified atom stereocenters. The monoisotopic (exact) mass is 1760 g/mol. The van der Waals surface area contributed by atoms with Crippen molar-refractivity contribution in [3.63, 3.8) is 0 Å². The Morgan fingerprint density at radius 1 is 0.425 bits per heavy atom. The summed E-state index contributed by atoms with van der Waals surface area (Å²) in [5.41, 5.74) is 9.44. The second kappa shape index (κ2) is 48.9. The van der Waals surface area contributed by atoms with Gasteiger partial charge < -0.3 is 116 Å². The number of amides is 1. The normalized spacial score (nSPS) is 25.2. The van der Waals surface area contributed by atoms with E-state index in [1.54, 1.807) is 127 Å². The number of alkyl carbamates (subject to hydrolysis) is 1. The molecule has 674 valence electrons. The smallest absolute Gasteiger partial charge is 0.407 e. The predicted octanol–water partition coefficient (Wildman–Crippen LogP) is 7.92. The van der Waals surface area contributed by atoms with Crippen molar-refractivity contribution in [3.8, 4) is 0 Å². The first-order valence-corrected chi connectivity index (χ1v) is 40.1. The first-order chi connectivity index (χ1) is 61.2. The number of unbranched alkanes of at least 4 members (excludes halogenated alkanes) is 2. The Labute approximate surface area is 728 Å². The fourth-order valence-electron chi connectivity index (χ4n) is 13.6. The largest absolute Gasteiger partial charge is 0.460 e. The molecule has 36 heteroatoms. The topological polar surface area (TPSA) is 493 Å². The van der Waals surface area contributed by atoms with Crippen LogP contribution in [0.3, 0.4) is 0 Å².